The number of methoxy groups -OCH3 is 1. The SMILES string of the molecule is CCOC(=O)Cn1c(=NC(=O)c2ccc(S(=O)(=O)N(C)Cc3ccccc3)cc2)sc2cc(OC)ccc21. The standard InChI is InChI=1S/C27H27N3O6S2/c1-4-36-25(31)18-30-23-15-12-21(35-3)16-24(23)37-27(30)28-26(32)20-10-13-22(14-11-20)38(33,34)29(2)17-19-8-6-5-7-9-19/h5-16H,4,17-18H2,1-3H3. The van der Waals surface area contributed by atoms with Gasteiger partial charge in [0, 0.05) is 19.2 Å². The maximum atomic E-state index is 13.0. The molecule has 0 N–H and O–H groups in total. The second-order valence-corrected chi connectivity index (χ2v) is 11.4. The van der Waals surface area contributed by atoms with E-state index >= 15 is 0 Å². The third kappa shape index (κ3) is 6.01. The van der Waals surface area contributed by atoms with E-state index in [2.05, 4.69) is 4.99 Å². The van der Waals surface area contributed by atoms with Gasteiger partial charge in [-0.3, -0.25) is 9.59 Å². The number of aromatic nitrogens is 1. The van der Waals surface area contributed by atoms with E-state index in [1.165, 1.54) is 47.0 Å². The fourth-order valence-corrected chi connectivity index (χ4v) is 6.00. The van der Waals surface area contributed by atoms with Crippen LogP contribution < -0.4 is 9.54 Å². The number of ether oxygens (including phenoxy) is 2. The number of thiazole rings is 1. The van der Waals surface area contributed by atoms with Gasteiger partial charge in [0.2, 0.25) is 10.0 Å². The maximum absolute atomic E-state index is 13.0. The topological polar surface area (TPSA) is 107 Å². The van der Waals surface area contributed by atoms with Crippen molar-refractivity contribution in [1.29, 1.82) is 0 Å². The lowest BCUT2D eigenvalue weighted by Gasteiger charge is -2.17. The van der Waals surface area contributed by atoms with Crippen molar-refractivity contribution >= 4 is 43.5 Å². The summed E-state index contributed by atoms with van der Waals surface area (Å²) in [6.07, 6.45) is 0. The Bertz CT molecular complexity index is 1630. The Labute approximate surface area is 224 Å². The van der Waals surface area contributed by atoms with Crippen LogP contribution in [0.1, 0.15) is 22.8 Å². The molecule has 0 saturated carbocycles. The molecule has 4 aromatic rings. The van der Waals surface area contributed by atoms with Gasteiger partial charge in [0.1, 0.15) is 12.3 Å². The number of fused-ring (bicyclic) bond motifs is 1. The summed E-state index contributed by atoms with van der Waals surface area (Å²) in [5, 5.41) is 0. The first kappa shape index (κ1) is 27.2. The predicted octanol–water partition coefficient (Wildman–Crippen LogP) is 3.84. The molecule has 198 valence electrons. The van der Waals surface area contributed by atoms with E-state index < -0.39 is 21.9 Å². The van der Waals surface area contributed by atoms with Gasteiger partial charge in [-0.2, -0.15) is 9.30 Å². The molecule has 0 unspecified atom stereocenters. The molecule has 9 nitrogen and oxygen atoms in total. The predicted molar refractivity (Wildman–Crippen MR) is 144 cm³/mol. The molecular formula is C27H27N3O6S2. The van der Waals surface area contributed by atoms with Crippen LogP contribution in [0.2, 0.25) is 0 Å². The highest BCUT2D eigenvalue weighted by atomic mass is 32.2. The normalized spacial score (nSPS) is 12.2. The molecule has 0 aliphatic rings. The van der Waals surface area contributed by atoms with Gasteiger partial charge < -0.3 is 14.0 Å². The van der Waals surface area contributed by atoms with Crippen molar-refractivity contribution in [2.75, 3.05) is 20.8 Å². The van der Waals surface area contributed by atoms with E-state index in [0.717, 1.165) is 10.3 Å². The fourth-order valence-electron chi connectivity index (χ4n) is 3.78. The first-order valence-electron chi connectivity index (χ1n) is 11.8. The summed E-state index contributed by atoms with van der Waals surface area (Å²) in [5.41, 5.74) is 1.78. The van der Waals surface area contributed by atoms with E-state index in [4.69, 9.17) is 9.47 Å². The minimum absolute atomic E-state index is 0.0683. The van der Waals surface area contributed by atoms with Crippen molar-refractivity contribution in [2.24, 2.45) is 4.99 Å². The number of carbonyl (C=O) groups is 2. The van der Waals surface area contributed by atoms with E-state index in [0.29, 0.717) is 16.1 Å². The van der Waals surface area contributed by atoms with Crippen molar-refractivity contribution in [3.63, 3.8) is 0 Å². The number of sulfonamides is 1. The van der Waals surface area contributed by atoms with Gasteiger partial charge in [0.05, 0.1) is 28.8 Å². The number of nitrogens with zero attached hydrogens (tertiary/aromatic N) is 3. The summed E-state index contributed by atoms with van der Waals surface area (Å²) in [4.78, 5) is 29.9. The van der Waals surface area contributed by atoms with Gasteiger partial charge in [0.15, 0.2) is 4.80 Å². The molecule has 0 bridgehead atoms. The summed E-state index contributed by atoms with van der Waals surface area (Å²) in [7, 11) is -0.698. The smallest absolute Gasteiger partial charge is 0.326 e. The maximum Gasteiger partial charge on any atom is 0.326 e. The van der Waals surface area contributed by atoms with Gasteiger partial charge in [-0.05, 0) is 55.0 Å². The molecule has 1 amide bonds. The molecule has 0 aliphatic heterocycles. The van der Waals surface area contributed by atoms with Crippen LogP contribution in [0.3, 0.4) is 0 Å². The Morgan fingerprint density at radius 1 is 1.03 bits per heavy atom. The molecule has 3 aromatic carbocycles. The number of amides is 1. The molecule has 0 spiro atoms. The molecule has 11 heteroatoms. The lowest BCUT2D eigenvalue weighted by Crippen LogP contribution is -2.26. The minimum Gasteiger partial charge on any atom is -0.497 e. The summed E-state index contributed by atoms with van der Waals surface area (Å²) < 4.78 is 40.1. The van der Waals surface area contributed by atoms with Crippen LogP contribution in [0.25, 0.3) is 10.2 Å². The highest BCUT2D eigenvalue weighted by Gasteiger charge is 2.21. The van der Waals surface area contributed by atoms with Crippen molar-refractivity contribution in [1.82, 2.24) is 8.87 Å². The van der Waals surface area contributed by atoms with E-state index in [9.17, 15) is 18.0 Å². The molecule has 1 heterocycles. The minimum atomic E-state index is -3.76. The Hall–Kier alpha value is -3.80. The highest BCUT2D eigenvalue weighted by molar-refractivity contribution is 7.89. The Kier molecular flexibility index (Phi) is 8.40. The second kappa shape index (κ2) is 11.7. The molecule has 0 radical (unpaired) electrons. The Morgan fingerprint density at radius 3 is 2.39 bits per heavy atom. The van der Waals surface area contributed by atoms with Gasteiger partial charge >= 0.3 is 5.97 Å². The number of hydrogen-bond acceptors (Lipinski definition) is 7. The summed E-state index contributed by atoms with van der Waals surface area (Å²) in [6, 6.07) is 20.3. The number of rotatable bonds is 9. The van der Waals surface area contributed by atoms with E-state index in [1.54, 1.807) is 36.8 Å². The molecular weight excluding hydrogens is 526 g/mol. The van der Waals surface area contributed by atoms with Crippen LogP contribution in [0, 0.1) is 0 Å². The molecule has 1 aromatic heterocycles. The average Bonchev–Trinajstić information content (AvgIpc) is 3.24. The fraction of sp³-hybridized carbons (Fsp3) is 0.222. The van der Waals surface area contributed by atoms with Crippen LogP contribution in [-0.4, -0.2) is 49.9 Å². The van der Waals surface area contributed by atoms with Crippen LogP contribution in [-0.2, 0) is 32.6 Å². The average molecular weight is 554 g/mol. The molecule has 0 saturated heterocycles. The van der Waals surface area contributed by atoms with E-state index in [-0.39, 0.29) is 30.2 Å². The van der Waals surface area contributed by atoms with Crippen LogP contribution >= 0.6 is 11.3 Å². The van der Waals surface area contributed by atoms with Gasteiger partial charge in [-0.1, -0.05) is 41.7 Å². The van der Waals surface area contributed by atoms with Gasteiger partial charge in [-0.25, -0.2) is 8.42 Å². The lowest BCUT2D eigenvalue weighted by atomic mass is 10.2. The lowest BCUT2D eigenvalue weighted by molar-refractivity contribution is -0.143. The molecule has 0 atom stereocenters. The third-order valence-electron chi connectivity index (χ3n) is 5.74. The second-order valence-electron chi connectivity index (χ2n) is 8.30. The molecule has 0 fully saturated rings. The molecule has 0 aliphatic carbocycles. The van der Waals surface area contributed by atoms with Gasteiger partial charge in [-0.15, -0.1) is 0 Å². The highest BCUT2D eigenvalue weighted by Crippen LogP contribution is 2.24. The summed E-state index contributed by atoms with van der Waals surface area (Å²) >= 11 is 1.23. The first-order chi connectivity index (χ1) is 18.2. The monoisotopic (exact) mass is 553 g/mol. The zero-order chi connectivity index (χ0) is 27.3. The number of hydrogen-bond donors (Lipinski definition) is 0. The number of carbonyl (C=O) groups excluding carboxylic acids is 2. The number of benzene rings is 3. The Morgan fingerprint density at radius 2 is 1.74 bits per heavy atom. The van der Waals surface area contributed by atoms with Crippen LogP contribution in [0.5, 0.6) is 5.75 Å². The van der Waals surface area contributed by atoms with Gasteiger partial charge in [0.25, 0.3) is 5.91 Å². The van der Waals surface area contributed by atoms with Crippen LogP contribution in [0.4, 0.5) is 0 Å². The quantitative estimate of drug-likeness (QED) is 0.292. The van der Waals surface area contributed by atoms with Crippen molar-refractivity contribution in [3.8, 4) is 5.75 Å². The van der Waals surface area contributed by atoms with E-state index in [1.807, 2.05) is 30.3 Å². The summed E-state index contributed by atoms with van der Waals surface area (Å²) in [5.74, 6) is -0.386. The molecule has 4 rings (SSSR count). The third-order valence-corrected chi connectivity index (χ3v) is 8.60. The Balaban J connectivity index is 1.63. The zero-order valence-electron chi connectivity index (χ0n) is 21.2. The summed E-state index contributed by atoms with van der Waals surface area (Å²) in [6.45, 7) is 2.06. The van der Waals surface area contributed by atoms with Crippen LogP contribution in [0.15, 0.2) is 82.7 Å². The molecule has 38 heavy (non-hydrogen) atoms. The zero-order valence-corrected chi connectivity index (χ0v) is 22.8. The van der Waals surface area contributed by atoms with Crippen molar-refractivity contribution in [3.05, 3.63) is 88.7 Å². The van der Waals surface area contributed by atoms with Crippen molar-refractivity contribution < 1.29 is 27.5 Å². The largest absolute Gasteiger partial charge is 0.497 e. The van der Waals surface area contributed by atoms with Crippen molar-refractivity contribution in [2.45, 2.75) is 24.9 Å². The number of esters is 1. The first-order valence-corrected chi connectivity index (χ1v) is 14.0.